The van der Waals surface area contributed by atoms with Crippen molar-refractivity contribution >= 4 is 91.9 Å². The molecule has 0 spiro atoms. The van der Waals surface area contributed by atoms with Crippen molar-refractivity contribution < 1.29 is 0 Å². The van der Waals surface area contributed by atoms with Gasteiger partial charge in [0.1, 0.15) is 0 Å². The first-order chi connectivity index (χ1) is 29.7. The average molecular weight is 783 g/mol. The van der Waals surface area contributed by atoms with Gasteiger partial charge in [-0.25, -0.2) is 0 Å². The molecule has 0 aliphatic heterocycles. The van der Waals surface area contributed by atoms with Crippen molar-refractivity contribution in [2.75, 3.05) is 4.90 Å². The molecule has 0 unspecified atom stereocenters. The van der Waals surface area contributed by atoms with Gasteiger partial charge in [-0.1, -0.05) is 158 Å². The van der Waals surface area contributed by atoms with E-state index in [1.165, 1.54) is 91.5 Å². The zero-order valence-electron chi connectivity index (χ0n) is 32.8. The number of hydrogen-bond donors (Lipinski definition) is 0. The molecule has 2 heterocycles. The molecule has 0 aliphatic carbocycles. The largest absolute Gasteiger partial charge is 0.310 e. The number of benzene rings is 10. The molecule has 0 atom stereocenters. The van der Waals surface area contributed by atoms with E-state index >= 15 is 0 Å². The maximum atomic E-state index is 2.47. The Morgan fingerprint density at radius 2 is 1.02 bits per heavy atom. The van der Waals surface area contributed by atoms with Gasteiger partial charge in [0, 0.05) is 53.7 Å². The highest BCUT2D eigenvalue weighted by molar-refractivity contribution is 7.25. The second-order valence-electron chi connectivity index (χ2n) is 15.7. The summed E-state index contributed by atoms with van der Waals surface area (Å²) in [5.74, 6) is 0. The molecule has 0 N–H and O–H groups in total. The van der Waals surface area contributed by atoms with Gasteiger partial charge < -0.3 is 9.47 Å². The topological polar surface area (TPSA) is 8.17 Å². The van der Waals surface area contributed by atoms with Gasteiger partial charge >= 0.3 is 0 Å². The van der Waals surface area contributed by atoms with E-state index < -0.39 is 0 Å². The van der Waals surface area contributed by atoms with Gasteiger partial charge in [-0.05, 0) is 111 Å². The maximum Gasteiger partial charge on any atom is 0.0547 e. The monoisotopic (exact) mass is 782 g/mol. The molecular weight excluding hydrogens is 745 g/mol. The Hall–Kier alpha value is -7.46. The van der Waals surface area contributed by atoms with E-state index in [-0.39, 0.29) is 0 Å². The predicted octanol–water partition coefficient (Wildman–Crippen LogP) is 16.2. The van der Waals surface area contributed by atoms with Crippen LogP contribution < -0.4 is 4.90 Å². The lowest BCUT2D eigenvalue weighted by Crippen LogP contribution is -2.09. The Kier molecular flexibility index (Phi) is 8.14. The number of aromatic nitrogens is 1. The molecular formula is C57H38N2S. The van der Waals surface area contributed by atoms with Crippen molar-refractivity contribution in [2.45, 2.75) is 6.42 Å². The summed E-state index contributed by atoms with van der Waals surface area (Å²) in [7, 11) is 0. The van der Waals surface area contributed by atoms with Crippen molar-refractivity contribution in [3.63, 3.8) is 0 Å². The summed E-state index contributed by atoms with van der Waals surface area (Å²) < 4.78 is 5.02. The van der Waals surface area contributed by atoms with Crippen LogP contribution in [0, 0.1) is 0 Å². The van der Waals surface area contributed by atoms with Crippen LogP contribution in [0.1, 0.15) is 11.1 Å². The van der Waals surface area contributed by atoms with Gasteiger partial charge in [0.05, 0.1) is 11.0 Å². The summed E-state index contributed by atoms with van der Waals surface area (Å²) in [4.78, 5) is 2.34. The molecule has 12 rings (SSSR count). The third kappa shape index (κ3) is 5.70. The highest BCUT2D eigenvalue weighted by Crippen LogP contribution is 2.43. The Morgan fingerprint density at radius 1 is 0.400 bits per heavy atom. The fraction of sp³-hybridized carbons (Fsp3) is 0.0175. The number of nitrogens with zero attached hydrogens (tertiary/aromatic N) is 2. The summed E-state index contributed by atoms with van der Waals surface area (Å²) in [5, 5.41) is 10.3. The van der Waals surface area contributed by atoms with Gasteiger partial charge in [0.2, 0.25) is 0 Å². The Labute approximate surface area is 352 Å². The fourth-order valence-corrected chi connectivity index (χ4v) is 10.7. The molecule has 0 aliphatic rings. The van der Waals surface area contributed by atoms with Crippen molar-refractivity contribution in [1.82, 2.24) is 4.57 Å². The fourth-order valence-electron chi connectivity index (χ4n) is 9.48. The van der Waals surface area contributed by atoms with Crippen molar-refractivity contribution in [1.29, 1.82) is 0 Å². The molecule has 60 heavy (non-hydrogen) atoms. The highest BCUT2D eigenvalue weighted by atomic mass is 32.1. The van der Waals surface area contributed by atoms with E-state index in [4.69, 9.17) is 0 Å². The molecule has 282 valence electrons. The number of hydrogen-bond acceptors (Lipinski definition) is 2. The van der Waals surface area contributed by atoms with Gasteiger partial charge in [-0.15, -0.1) is 11.3 Å². The van der Waals surface area contributed by atoms with E-state index in [1.807, 2.05) is 11.3 Å². The number of para-hydroxylation sites is 3. The number of anilines is 3. The molecule has 10 aromatic carbocycles. The van der Waals surface area contributed by atoms with E-state index in [0.717, 1.165) is 23.5 Å². The molecule has 12 aromatic rings. The SMILES string of the molecule is c1ccc(Cc2cc3ccccc3c3c(-c4ccc5c6ccccc6n(-c6ccc7c(c6)sc6cc(N(c8ccccc8)c8ccccc8)ccc67)c5c4)cccc23)cc1. The van der Waals surface area contributed by atoms with Crippen LogP contribution in [0.15, 0.2) is 218 Å². The lowest BCUT2D eigenvalue weighted by Gasteiger charge is -2.25. The van der Waals surface area contributed by atoms with Crippen molar-refractivity contribution in [3.05, 3.63) is 230 Å². The minimum absolute atomic E-state index is 0.888. The quantitative estimate of drug-likeness (QED) is 0.146. The van der Waals surface area contributed by atoms with E-state index in [9.17, 15) is 0 Å². The van der Waals surface area contributed by atoms with E-state index in [2.05, 4.69) is 228 Å². The zero-order chi connectivity index (χ0) is 39.6. The Balaban J connectivity index is 1.02. The maximum absolute atomic E-state index is 2.47. The van der Waals surface area contributed by atoms with Gasteiger partial charge in [0.25, 0.3) is 0 Å². The molecule has 2 aromatic heterocycles. The van der Waals surface area contributed by atoms with Crippen LogP contribution in [0.4, 0.5) is 17.1 Å². The summed E-state index contributed by atoms with van der Waals surface area (Å²) >= 11 is 1.87. The summed E-state index contributed by atoms with van der Waals surface area (Å²) in [6.07, 6.45) is 0.888. The lowest BCUT2D eigenvalue weighted by atomic mass is 9.89. The van der Waals surface area contributed by atoms with Gasteiger partial charge in [-0.2, -0.15) is 0 Å². The van der Waals surface area contributed by atoms with Crippen LogP contribution in [0.3, 0.4) is 0 Å². The second kappa shape index (κ2) is 14.1. The predicted molar refractivity (Wildman–Crippen MR) is 258 cm³/mol. The third-order valence-corrected chi connectivity index (χ3v) is 13.3. The number of rotatable bonds is 7. The molecule has 0 saturated carbocycles. The summed E-state index contributed by atoms with van der Waals surface area (Å²) in [6.45, 7) is 0. The first-order valence-electron chi connectivity index (χ1n) is 20.6. The smallest absolute Gasteiger partial charge is 0.0547 e. The van der Waals surface area contributed by atoms with Gasteiger partial charge in [-0.3, -0.25) is 0 Å². The van der Waals surface area contributed by atoms with E-state index in [1.54, 1.807) is 0 Å². The van der Waals surface area contributed by atoms with Crippen LogP contribution in [0.5, 0.6) is 0 Å². The molecule has 0 radical (unpaired) electrons. The normalized spacial score (nSPS) is 11.7. The molecule has 2 nitrogen and oxygen atoms in total. The number of thiophene rings is 1. The first kappa shape index (κ1) is 34.6. The van der Waals surface area contributed by atoms with Crippen LogP contribution in [-0.4, -0.2) is 4.57 Å². The van der Waals surface area contributed by atoms with E-state index in [0.29, 0.717) is 0 Å². The highest BCUT2D eigenvalue weighted by Gasteiger charge is 2.19. The van der Waals surface area contributed by atoms with Crippen LogP contribution in [0.2, 0.25) is 0 Å². The van der Waals surface area contributed by atoms with Crippen LogP contribution >= 0.6 is 11.3 Å². The summed E-state index contributed by atoms with van der Waals surface area (Å²) in [6, 6.07) is 80.1. The minimum atomic E-state index is 0.888. The van der Waals surface area contributed by atoms with Crippen molar-refractivity contribution in [2.24, 2.45) is 0 Å². The Bertz CT molecular complexity index is 3530. The summed E-state index contributed by atoms with van der Waals surface area (Å²) in [5.41, 5.74) is 12.2. The molecule has 0 amide bonds. The van der Waals surface area contributed by atoms with Gasteiger partial charge in [0.15, 0.2) is 0 Å². The first-order valence-corrected chi connectivity index (χ1v) is 21.4. The number of fused-ring (bicyclic) bond motifs is 9. The second-order valence-corrected chi connectivity index (χ2v) is 16.8. The molecule has 0 bridgehead atoms. The van der Waals surface area contributed by atoms with Crippen molar-refractivity contribution in [3.8, 4) is 16.8 Å². The molecule has 0 saturated heterocycles. The molecule has 3 heteroatoms. The lowest BCUT2D eigenvalue weighted by molar-refractivity contribution is 1.19. The molecule has 0 fully saturated rings. The standard InChI is InChI=1S/C57H38N2S/c1-4-15-38(16-5-1)33-41-34-39-17-10-11-22-46(39)57-47(24-14-25-48(41)57)40-27-30-50-49-23-12-13-26-53(49)59(54(50)35-40)45-29-32-52-51-31-28-44(36-55(51)60-56(52)37-45)58(42-18-6-2-7-19-42)43-20-8-3-9-21-43/h1-32,34-37H,33H2. The minimum Gasteiger partial charge on any atom is -0.310 e. The Morgan fingerprint density at radius 3 is 1.80 bits per heavy atom. The zero-order valence-corrected chi connectivity index (χ0v) is 33.6. The third-order valence-electron chi connectivity index (χ3n) is 12.2. The van der Waals surface area contributed by atoms with Crippen LogP contribution in [0.25, 0.3) is 80.3 Å². The van der Waals surface area contributed by atoms with Crippen LogP contribution in [-0.2, 0) is 6.42 Å². The average Bonchev–Trinajstić information content (AvgIpc) is 3.84.